The van der Waals surface area contributed by atoms with Crippen molar-refractivity contribution in [3.05, 3.63) is 11.5 Å². The molecule has 134 valence electrons. The largest absolute Gasteiger partial charge is 0.511 e. The molecule has 1 saturated heterocycles. The summed E-state index contributed by atoms with van der Waals surface area (Å²) in [6.07, 6.45) is -2.53. The standard InChI is InChI=1S/C14H22F4O4Si/c1-4-5-6-9-23(2,3)11(15)7-8-21-13(14(16,17)18)10-20-12(19)22-13/h7H,4-6,8-10H2,1-3H3/b11-7+. The molecular weight excluding hydrogens is 336 g/mol. The highest BCUT2D eigenvalue weighted by Gasteiger charge is 2.64. The quantitative estimate of drug-likeness (QED) is 0.273. The highest BCUT2D eigenvalue weighted by molar-refractivity contribution is 6.83. The van der Waals surface area contributed by atoms with Gasteiger partial charge < -0.3 is 14.2 Å². The lowest BCUT2D eigenvalue weighted by atomic mass is 10.3. The zero-order chi connectivity index (χ0) is 17.7. The van der Waals surface area contributed by atoms with Crippen LogP contribution >= 0.6 is 0 Å². The average Bonchev–Trinajstić information content (AvgIpc) is 2.81. The number of hydrogen-bond acceptors (Lipinski definition) is 4. The van der Waals surface area contributed by atoms with Gasteiger partial charge in [-0.1, -0.05) is 45.3 Å². The molecule has 0 amide bonds. The Labute approximate surface area is 133 Å². The zero-order valence-electron chi connectivity index (χ0n) is 13.5. The third-order valence-corrected chi connectivity index (χ3v) is 6.79. The molecule has 1 aliphatic rings. The number of carbonyl (C=O) groups excluding carboxylic acids is 1. The van der Waals surface area contributed by atoms with Gasteiger partial charge in [0.1, 0.15) is 8.07 Å². The van der Waals surface area contributed by atoms with Crippen LogP contribution < -0.4 is 0 Å². The molecule has 0 radical (unpaired) electrons. The van der Waals surface area contributed by atoms with E-state index >= 15 is 0 Å². The number of carbonyl (C=O) groups is 1. The van der Waals surface area contributed by atoms with Gasteiger partial charge in [-0.05, 0) is 6.08 Å². The zero-order valence-corrected chi connectivity index (χ0v) is 14.5. The van der Waals surface area contributed by atoms with E-state index in [0.29, 0.717) is 6.04 Å². The number of halogens is 4. The Morgan fingerprint density at radius 1 is 1.39 bits per heavy atom. The molecule has 0 saturated carbocycles. The van der Waals surface area contributed by atoms with E-state index in [2.05, 4.69) is 14.2 Å². The van der Waals surface area contributed by atoms with Crippen LogP contribution in [0.1, 0.15) is 26.2 Å². The minimum Gasteiger partial charge on any atom is -0.427 e. The summed E-state index contributed by atoms with van der Waals surface area (Å²) < 4.78 is 66.0. The van der Waals surface area contributed by atoms with Crippen molar-refractivity contribution in [3.63, 3.8) is 0 Å². The molecule has 0 aliphatic carbocycles. The summed E-state index contributed by atoms with van der Waals surface area (Å²) in [7, 11) is -2.31. The van der Waals surface area contributed by atoms with Gasteiger partial charge in [0.2, 0.25) is 0 Å². The van der Waals surface area contributed by atoms with E-state index in [1.165, 1.54) is 0 Å². The fourth-order valence-corrected chi connectivity index (χ4v) is 4.11. The van der Waals surface area contributed by atoms with Gasteiger partial charge in [0.15, 0.2) is 6.61 Å². The molecule has 0 aromatic carbocycles. The Kier molecular flexibility index (Phi) is 6.64. The van der Waals surface area contributed by atoms with E-state index < -0.39 is 44.9 Å². The van der Waals surface area contributed by atoms with Crippen LogP contribution in [0.3, 0.4) is 0 Å². The molecule has 0 N–H and O–H groups in total. The van der Waals surface area contributed by atoms with Crippen LogP contribution in [0, 0.1) is 0 Å². The topological polar surface area (TPSA) is 44.8 Å². The molecule has 9 heteroatoms. The molecule has 1 fully saturated rings. The van der Waals surface area contributed by atoms with E-state index in [1.807, 2.05) is 20.0 Å². The maximum Gasteiger partial charge on any atom is 0.511 e. The molecule has 1 aliphatic heterocycles. The van der Waals surface area contributed by atoms with Gasteiger partial charge >= 0.3 is 18.1 Å². The van der Waals surface area contributed by atoms with Crippen molar-refractivity contribution < 1.29 is 36.6 Å². The second kappa shape index (κ2) is 7.65. The third kappa shape index (κ3) is 5.20. The van der Waals surface area contributed by atoms with E-state index in [9.17, 15) is 22.4 Å². The van der Waals surface area contributed by atoms with Crippen LogP contribution in [0.25, 0.3) is 0 Å². The van der Waals surface area contributed by atoms with Gasteiger partial charge in [-0.15, -0.1) is 0 Å². The Balaban J connectivity index is 2.66. The monoisotopic (exact) mass is 358 g/mol. The normalized spacial score (nSPS) is 22.9. The lowest BCUT2D eigenvalue weighted by molar-refractivity contribution is -0.346. The summed E-state index contributed by atoms with van der Waals surface area (Å²) in [5, 5.41) is 0. The lowest BCUT2D eigenvalue weighted by Crippen LogP contribution is -2.50. The predicted molar refractivity (Wildman–Crippen MR) is 78.2 cm³/mol. The first-order valence-electron chi connectivity index (χ1n) is 7.47. The molecule has 0 bridgehead atoms. The van der Waals surface area contributed by atoms with E-state index in [4.69, 9.17) is 0 Å². The van der Waals surface area contributed by atoms with Gasteiger partial charge in [0.25, 0.3) is 0 Å². The number of hydrogen-bond donors (Lipinski definition) is 0. The summed E-state index contributed by atoms with van der Waals surface area (Å²) >= 11 is 0. The summed E-state index contributed by atoms with van der Waals surface area (Å²) in [4.78, 5) is 10.8. The Morgan fingerprint density at radius 2 is 2.04 bits per heavy atom. The van der Waals surface area contributed by atoms with Gasteiger partial charge in [0, 0.05) is 0 Å². The van der Waals surface area contributed by atoms with Crippen LogP contribution in [0.2, 0.25) is 19.1 Å². The van der Waals surface area contributed by atoms with Crippen molar-refractivity contribution in [1.29, 1.82) is 0 Å². The second-order valence-electron chi connectivity index (χ2n) is 6.10. The number of cyclic esters (lactones) is 2. The molecule has 4 nitrogen and oxygen atoms in total. The first-order valence-corrected chi connectivity index (χ1v) is 10.7. The molecule has 1 atom stereocenters. The van der Waals surface area contributed by atoms with Gasteiger partial charge in [-0.2, -0.15) is 13.2 Å². The highest BCUT2D eigenvalue weighted by Crippen LogP contribution is 2.39. The van der Waals surface area contributed by atoms with Crippen molar-refractivity contribution in [2.45, 2.75) is 57.3 Å². The van der Waals surface area contributed by atoms with Crippen LogP contribution in [0.15, 0.2) is 11.5 Å². The Hall–Kier alpha value is -1.09. The van der Waals surface area contributed by atoms with E-state index in [1.54, 1.807) is 0 Å². The smallest absolute Gasteiger partial charge is 0.427 e. The number of unbranched alkanes of at least 4 members (excludes halogenated alkanes) is 2. The van der Waals surface area contributed by atoms with E-state index in [0.717, 1.165) is 25.3 Å². The molecule has 0 aromatic heterocycles. The lowest BCUT2D eigenvalue weighted by Gasteiger charge is -2.27. The number of rotatable bonds is 8. The maximum absolute atomic E-state index is 14.2. The van der Waals surface area contributed by atoms with Gasteiger partial charge in [0.05, 0.1) is 12.1 Å². The Morgan fingerprint density at radius 3 is 2.52 bits per heavy atom. The summed E-state index contributed by atoms with van der Waals surface area (Å²) in [5.74, 6) is -3.16. The molecule has 0 spiro atoms. The minimum atomic E-state index is -4.96. The van der Waals surface area contributed by atoms with Crippen molar-refractivity contribution >= 4 is 14.2 Å². The highest BCUT2D eigenvalue weighted by atomic mass is 28.3. The van der Waals surface area contributed by atoms with Crippen LogP contribution in [-0.2, 0) is 14.2 Å². The molecule has 1 heterocycles. The van der Waals surface area contributed by atoms with Gasteiger partial charge in [-0.3, -0.25) is 0 Å². The average molecular weight is 358 g/mol. The molecule has 23 heavy (non-hydrogen) atoms. The van der Waals surface area contributed by atoms with Gasteiger partial charge in [-0.25, -0.2) is 9.18 Å². The molecule has 1 unspecified atom stereocenters. The first-order chi connectivity index (χ1) is 10.5. The summed E-state index contributed by atoms with van der Waals surface area (Å²) in [5.41, 5.74) is -0.420. The SMILES string of the molecule is CCCCC[Si](C)(C)/C(F)=C/COC1(C(F)(F)F)COC(=O)O1. The second-order valence-corrected chi connectivity index (χ2v) is 10.8. The minimum absolute atomic E-state index is 0.420. The molecular formula is C14H22F4O4Si. The third-order valence-electron chi connectivity index (χ3n) is 3.69. The molecule has 0 aromatic rings. The fourth-order valence-electron chi connectivity index (χ4n) is 2.10. The maximum atomic E-state index is 14.2. The van der Waals surface area contributed by atoms with Crippen molar-refractivity contribution in [1.82, 2.24) is 0 Å². The van der Waals surface area contributed by atoms with Crippen molar-refractivity contribution in [2.24, 2.45) is 0 Å². The van der Waals surface area contributed by atoms with Crippen molar-refractivity contribution in [2.75, 3.05) is 13.2 Å². The number of alkyl halides is 3. The number of ether oxygens (including phenoxy) is 3. The van der Waals surface area contributed by atoms with Crippen LogP contribution in [-0.4, -0.2) is 39.4 Å². The van der Waals surface area contributed by atoms with Crippen LogP contribution in [0.4, 0.5) is 22.4 Å². The summed E-state index contributed by atoms with van der Waals surface area (Å²) in [6, 6.07) is 0.714. The van der Waals surface area contributed by atoms with Crippen molar-refractivity contribution in [3.8, 4) is 0 Å². The first kappa shape index (κ1) is 20.0. The predicted octanol–water partition coefficient (Wildman–Crippen LogP) is 4.72. The fraction of sp³-hybridized carbons (Fsp3) is 0.786. The summed E-state index contributed by atoms with van der Waals surface area (Å²) in [6.45, 7) is 3.92. The Bertz CT molecular complexity index is 451. The molecule has 1 rings (SSSR count). The van der Waals surface area contributed by atoms with E-state index in [-0.39, 0.29) is 0 Å². The van der Waals surface area contributed by atoms with Crippen LogP contribution in [0.5, 0.6) is 0 Å².